The van der Waals surface area contributed by atoms with Gasteiger partial charge in [-0.3, -0.25) is 9.13 Å². The van der Waals surface area contributed by atoms with Gasteiger partial charge < -0.3 is 5.11 Å². The lowest BCUT2D eigenvalue weighted by atomic mass is 9.72. The fourth-order valence-corrected chi connectivity index (χ4v) is 11.2. The van der Waals surface area contributed by atoms with Crippen molar-refractivity contribution in [3.8, 4) is 50.8 Å². The van der Waals surface area contributed by atoms with Crippen molar-refractivity contribution < 1.29 is 5.11 Å². The molecule has 1 fully saturated rings. The van der Waals surface area contributed by atoms with Crippen LogP contribution in [0.5, 0.6) is 5.75 Å². The first kappa shape index (κ1) is 41.3. The van der Waals surface area contributed by atoms with Gasteiger partial charge in [0, 0.05) is 33.7 Å². The maximum Gasteiger partial charge on any atom is 0.149 e. The zero-order chi connectivity index (χ0) is 45.2. The van der Waals surface area contributed by atoms with E-state index in [2.05, 4.69) is 199 Å². The molecule has 11 rings (SSSR count). The molecule has 0 radical (unpaired) electrons. The van der Waals surface area contributed by atoms with Gasteiger partial charge in [-0.15, -0.1) is 0 Å². The zero-order valence-electron chi connectivity index (χ0n) is 39.4. The van der Waals surface area contributed by atoms with Crippen molar-refractivity contribution >= 4 is 33.0 Å². The van der Waals surface area contributed by atoms with Crippen molar-refractivity contribution in [2.24, 2.45) is 0 Å². The van der Waals surface area contributed by atoms with Crippen LogP contribution in [0.1, 0.15) is 128 Å². The molecule has 2 unspecified atom stereocenters. The number of aromatic hydroxyl groups is 1. The van der Waals surface area contributed by atoms with Gasteiger partial charge in [0.25, 0.3) is 0 Å². The van der Waals surface area contributed by atoms with Gasteiger partial charge in [0.1, 0.15) is 17.2 Å². The average Bonchev–Trinajstić information content (AvgIpc) is 3.80. The van der Waals surface area contributed by atoms with Crippen molar-refractivity contribution in [3.05, 3.63) is 161 Å². The van der Waals surface area contributed by atoms with Crippen molar-refractivity contribution in [1.29, 1.82) is 0 Å². The minimum Gasteiger partial charge on any atom is -0.507 e. The second-order valence-corrected chi connectivity index (χ2v) is 21.9. The molecule has 326 valence electrons. The molecule has 2 aliphatic rings. The number of phenols is 1. The molecule has 1 N–H and O–H groups in total. The van der Waals surface area contributed by atoms with Crippen LogP contribution in [0.15, 0.2) is 134 Å². The molecule has 0 saturated heterocycles. The molecule has 0 amide bonds. The van der Waals surface area contributed by atoms with Crippen LogP contribution in [0, 0.1) is 0 Å². The molecule has 5 nitrogen and oxygen atoms in total. The third-order valence-electron chi connectivity index (χ3n) is 14.6. The number of rotatable bonds is 4. The minimum atomic E-state index is -0.313. The smallest absolute Gasteiger partial charge is 0.149 e. The molecule has 9 aromatic rings. The molecular weight excluding hydrogens is 793 g/mol. The first-order chi connectivity index (χ1) is 31.1. The van der Waals surface area contributed by atoms with Gasteiger partial charge in [-0.05, 0) is 117 Å². The highest BCUT2D eigenvalue weighted by atomic mass is 16.3. The van der Waals surface area contributed by atoms with E-state index in [1.807, 2.05) is 6.20 Å². The van der Waals surface area contributed by atoms with Gasteiger partial charge in [0.15, 0.2) is 0 Å². The minimum absolute atomic E-state index is 0.0639. The van der Waals surface area contributed by atoms with Gasteiger partial charge in [-0.1, -0.05) is 160 Å². The lowest BCUT2D eigenvalue weighted by Crippen LogP contribution is -2.17. The van der Waals surface area contributed by atoms with E-state index in [9.17, 15) is 5.11 Å². The molecule has 4 heterocycles. The maximum atomic E-state index is 12.6. The Kier molecular flexibility index (Phi) is 9.38. The standard InChI is InChI=1S/C60H60N4O/c1-58(2,3)38-28-30-50(47(33-38)36-18-11-10-12-19-36)63-51-26-16-22-40(53(51)62-57(63)48-34-39(59(4,5)6)35-49(55(48)65)60(7,8)9)37-27-29-43-41-20-13-14-21-42(41)44-23-15-24-45-46-25-17-31-61-56(46)64(54(44)45)52(43)32-37/h10-12,15-19,22-35,41-42,65H,13-14,20-21H2,1-9H3. The summed E-state index contributed by atoms with van der Waals surface area (Å²) in [6.45, 7) is 20.1. The second-order valence-electron chi connectivity index (χ2n) is 21.9. The van der Waals surface area contributed by atoms with Crippen molar-refractivity contribution in [1.82, 2.24) is 19.1 Å². The predicted molar refractivity (Wildman–Crippen MR) is 271 cm³/mol. The Morgan fingerprint density at radius 2 is 1.25 bits per heavy atom. The summed E-state index contributed by atoms with van der Waals surface area (Å²) in [4.78, 5) is 10.8. The molecule has 1 aliphatic carbocycles. The first-order valence-corrected chi connectivity index (χ1v) is 23.7. The summed E-state index contributed by atoms with van der Waals surface area (Å²) in [6, 6.07) is 47.0. The van der Waals surface area contributed by atoms with E-state index in [-0.39, 0.29) is 22.0 Å². The fraction of sp³-hybridized carbons (Fsp3) is 0.300. The van der Waals surface area contributed by atoms with Gasteiger partial charge >= 0.3 is 0 Å². The Hall–Kier alpha value is -6.46. The summed E-state index contributed by atoms with van der Waals surface area (Å²) in [6.07, 6.45) is 6.81. The molecule has 65 heavy (non-hydrogen) atoms. The summed E-state index contributed by atoms with van der Waals surface area (Å²) < 4.78 is 4.80. The number of hydrogen-bond donors (Lipinski definition) is 1. The van der Waals surface area contributed by atoms with E-state index < -0.39 is 0 Å². The van der Waals surface area contributed by atoms with Crippen LogP contribution in [0.25, 0.3) is 78.0 Å². The molecule has 1 saturated carbocycles. The third-order valence-corrected chi connectivity index (χ3v) is 14.6. The van der Waals surface area contributed by atoms with Crippen LogP contribution in [-0.2, 0) is 16.2 Å². The largest absolute Gasteiger partial charge is 0.507 e. The summed E-state index contributed by atoms with van der Waals surface area (Å²) >= 11 is 0. The van der Waals surface area contributed by atoms with Crippen LogP contribution >= 0.6 is 0 Å². The average molecular weight is 853 g/mol. The Morgan fingerprint density at radius 3 is 1.98 bits per heavy atom. The first-order valence-electron chi connectivity index (χ1n) is 23.7. The van der Waals surface area contributed by atoms with Gasteiger partial charge in [0.2, 0.25) is 0 Å². The summed E-state index contributed by atoms with van der Waals surface area (Å²) in [5.74, 6) is 1.89. The SMILES string of the molecule is CC(C)(C)c1ccc(-n2c(-c3cc(C(C)(C)C)cc(C(C)(C)C)c3O)nc3c(-c4ccc5c(c4)-n4c6ncccc6c6cccc(c64)C4CCCCC54)cccc32)c(-c2ccccc2)c1. The number of pyridine rings is 1. The van der Waals surface area contributed by atoms with E-state index in [0.717, 1.165) is 67.1 Å². The third kappa shape index (κ3) is 6.64. The van der Waals surface area contributed by atoms with E-state index in [0.29, 0.717) is 11.8 Å². The zero-order valence-corrected chi connectivity index (χ0v) is 39.4. The van der Waals surface area contributed by atoms with Gasteiger partial charge in [-0.2, -0.15) is 0 Å². The van der Waals surface area contributed by atoms with E-state index in [4.69, 9.17) is 9.97 Å². The number of fused-ring (bicyclic) bond motifs is 9. The van der Waals surface area contributed by atoms with Gasteiger partial charge in [0.05, 0.1) is 33.5 Å². The van der Waals surface area contributed by atoms with E-state index >= 15 is 0 Å². The predicted octanol–water partition coefficient (Wildman–Crippen LogP) is 15.9. The van der Waals surface area contributed by atoms with Crippen molar-refractivity contribution in [2.45, 2.75) is 116 Å². The summed E-state index contributed by atoms with van der Waals surface area (Å²) in [5, 5.41) is 15.1. The molecule has 0 bridgehead atoms. The quantitative estimate of drug-likeness (QED) is 0.192. The molecule has 0 spiro atoms. The van der Waals surface area contributed by atoms with E-state index in [1.54, 1.807) is 0 Å². The lowest BCUT2D eigenvalue weighted by molar-refractivity contribution is 0.389. The second kappa shape index (κ2) is 14.8. The van der Waals surface area contributed by atoms with Crippen LogP contribution in [-0.4, -0.2) is 24.2 Å². The maximum absolute atomic E-state index is 12.6. The number of hydrogen-bond acceptors (Lipinski definition) is 3. The normalized spacial score (nSPS) is 16.5. The number of aromatic nitrogens is 4. The number of imidazole rings is 1. The number of benzene rings is 6. The highest BCUT2D eigenvalue weighted by Crippen LogP contribution is 2.53. The Labute approximate surface area is 383 Å². The van der Waals surface area contributed by atoms with Gasteiger partial charge in [-0.25, -0.2) is 9.97 Å². The Balaban J connectivity index is 1.23. The lowest BCUT2D eigenvalue weighted by Gasteiger charge is -2.32. The number of para-hydroxylation sites is 2. The van der Waals surface area contributed by atoms with Crippen LogP contribution < -0.4 is 0 Å². The van der Waals surface area contributed by atoms with Crippen LogP contribution in [0.3, 0.4) is 0 Å². The molecule has 1 aliphatic heterocycles. The number of phenolic OH excluding ortho intramolecular Hbond substituents is 1. The summed E-state index contributed by atoms with van der Waals surface area (Å²) in [5.41, 5.74) is 17.2. The monoisotopic (exact) mass is 852 g/mol. The van der Waals surface area contributed by atoms with Crippen LogP contribution in [0.4, 0.5) is 0 Å². The van der Waals surface area contributed by atoms with Crippen molar-refractivity contribution in [3.63, 3.8) is 0 Å². The van der Waals surface area contributed by atoms with E-state index in [1.165, 1.54) is 64.4 Å². The Bertz CT molecular complexity index is 3350. The van der Waals surface area contributed by atoms with Crippen LogP contribution in [0.2, 0.25) is 0 Å². The van der Waals surface area contributed by atoms with Crippen molar-refractivity contribution in [2.75, 3.05) is 0 Å². The molecule has 2 atom stereocenters. The molecule has 3 aromatic heterocycles. The molecular formula is C60H60N4O. The number of nitrogens with zero attached hydrogens (tertiary/aromatic N) is 4. The highest BCUT2D eigenvalue weighted by molar-refractivity contribution is 6.10. The topological polar surface area (TPSA) is 55.9 Å². The Morgan fingerprint density at radius 1 is 0.538 bits per heavy atom. The summed E-state index contributed by atoms with van der Waals surface area (Å²) in [7, 11) is 0. The molecule has 6 aromatic carbocycles. The highest BCUT2D eigenvalue weighted by Gasteiger charge is 2.36. The fourth-order valence-electron chi connectivity index (χ4n) is 11.2. The molecule has 5 heteroatoms.